The molecule has 1 aromatic rings. The Morgan fingerprint density at radius 3 is 2.62 bits per heavy atom. The van der Waals surface area contributed by atoms with Gasteiger partial charge in [0.15, 0.2) is 0 Å². The zero-order valence-electron chi connectivity index (χ0n) is 20.8. The number of hydrogen-bond donors (Lipinski definition) is 3. The van der Waals surface area contributed by atoms with Crippen molar-refractivity contribution < 1.29 is 28.9 Å². The van der Waals surface area contributed by atoms with Crippen LogP contribution in [0.5, 0.6) is 0 Å². The van der Waals surface area contributed by atoms with Crippen molar-refractivity contribution >= 4 is 29.1 Å². The molecule has 0 aromatic carbocycles. The number of halogens is 1. The summed E-state index contributed by atoms with van der Waals surface area (Å²) >= 11 is 1.51. The molecule has 0 fully saturated rings. The molecule has 1 aromatic heterocycles. The van der Waals surface area contributed by atoms with Crippen molar-refractivity contribution in [2.75, 3.05) is 13.2 Å². The average Bonchev–Trinajstić information content (AvgIpc) is 3.18. The predicted molar refractivity (Wildman–Crippen MR) is 131 cm³/mol. The van der Waals surface area contributed by atoms with E-state index in [1.54, 1.807) is 27.7 Å². The Kier molecular flexibility index (Phi) is 10.1. The maximum Gasteiger partial charge on any atom is 0.223 e. The lowest BCUT2D eigenvalue weighted by Crippen LogP contribution is -2.47. The summed E-state index contributed by atoms with van der Waals surface area (Å²) in [5, 5.41) is 27.0. The minimum absolute atomic E-state index is 0.0747. The maximum atomic E-state index is 14.4. The van der Waals surface area contributed by atoms with Crippen LogP contribution in [0.4, 0.5) is 4.39 Å². The summed E-state index contributed by atoms with van der Waals surface area (Å²) in [6.07, 6.45) is 0.802. The third-order valence-electron chi connectivity index (χ3n) is 6.45. The van der Waals surface area contributed by atoms with E-state index in [9.17, 15) is 24.2 Å². The van der Waals surface area contributed by atoms with Crippen LogP contribution in [0, 0.1) is 24.2 Å². The molecular formula is C25H37FN2O5S. The standard InChI is InChI=1S/C25H37FN2O5S/c1-14(9-19-13-34-17(4)27-19)20-8-7-18(26)12-33-11-15(2)23(31)16(3)24(32)25(5,6)21(29)10-22(30)28-20/h7,9,13,15-16,20-21,23,29,31H,8,10-12H2,1-6H3,(H,28,30)/b14-9+,18-7+/t15-,16+,20-,21-,23-/m0/s1. The van der Waals surface area contributed by atoms with E-state index in [0.29, 0.717) is 0 Å². The number of carbonyl (C=O) groups excluding carboxylic acids is 2. The highest BCUT2D eigenvalue weighted by atomic mass is 32.1. The van der Waals surface area contributed by atoms with E-state index < -0.39 is 47.2 Å². The Bertz CT molecular complexity index is 926. The van der Waals surface area contributed by atoms with Gasteiger partial charge in [-0.25, -0.2) is 9.37 Å². The lowest BCUT2D eigenvalue weighted by molar-refractivity contribution is -0.143. The summed E-state index contributed by atoms with van der Waals surface area (Å²) in [5.41, 5.74) is 0.280. The van der Waals surface area contributed by atoms with Crippen LogP contribution in [0.2, 0.25) is 0 Å². The van der Waals surface area contributed by atoms with Gasteiger partial charge in [0.25, 0.3) is 0 Å². The van der Waals surface area contributed by atoms with Crippen LogP contribution in [0.25, 0.3) is 6.08 Å². The van der Waals surface area contributed by atoms with E-state index in [1.165, 1.54) is 17.4 Å². The lowest BCUT2D eigenvalue weighted by atomic mass is 9.73. The Morgan fingerprint density at radius 1 is 1.32 bits per heavy atom. The number of rotatable bonds is 2. The molecule has 0 bridgehead atoms. The maximum absolute atomic E-state index is 14.4. The number of carbonyl (C=O) groups is 2. The van der Waals surface area contributed by atoms with Gasteiger partial charge < -0.3 is 20.3 Å². The Morgan fingerprint density at radius 2 is 2.00 bits per heavy atom. The SMILES string of the molecule is C/C(=C\c1csc(C)n1)[C@@H]1C/C=C(/F)COC[C@H](C)[C@H](O)[C@@H](C)C(=O)C(C)(C)[C@@H](O)CC(=O)N1. The topological polar surface area (TPSA) is 109 Å². The normalized spacial score (nSPS) is 32.1. The molecule has 0 unspecified atom stereocenters. The van der Waals surface area contributed by atoms with Gasteiger partial charge in [0.1, 0.15) is 11.6 Å². The molecule has 5 atom stereocenters. The van der Waals surface area contributed by atoms with Crippen LogP contribution in [0.1, 0.15) is 58.2 Å². The summed E-state index contributed by atoms with van der Waals surface area (Å²) < 4.78 is 19.9. The van der Waals surface area contributed by atoms with Gasteiger partial charge in [0.05, 0.1) is 54.0 Å². The van der Waals surface area contributed by atoms with Gasteiger partial charge in [-0.1, -0.05) is 27.7 Å². The number of nitrogens with one attached hydrogen (secondary N) is 1. The number of aromatic nitrogens is 1. The fraction of sp³-hybridized carbons (Fsp3) is 0.640. The fourth-order valence-corrected chi connectivity index (χ4v) is 4.54. The van der Waals surface area contributed by atoms with Crippen LogP contribution in [0.3, 0.4) is 0 Å². The smallest absolute Gasteiger partial charge is 0.223 e. The van der Waals surface area contributed by atoms with Crippen molar-refractivity contribution in [3.8, 4) is 0 Å². The molecule has 1 aliphatic heterocycles. The first kappa shape index (κ1) is 28.3. The molecule has 3 N–H and O–H groups in total. The molecule has 0 saturated heterocycles. The Hall–Kier alpha value is -1.94. The molecule has 7 nitrogen and oxygen atoms in total. The quantitative estimate of drug-likeness (QED) is 0.577. The molecule has 1 amide bonds. The monoisotopic (exact) mass is 496 g/mol. The number of ketones is 1. The Balaban J connectivity index is 2.33. The first-order valence-electron chi connectivity index (χ1n) is 11.5. The molecule has 0 spiro atoms. The average molecular weight is 497 g/mol. The summed E-state index contributed by atoms with van der Waals surface area (Å²) in [6.45, 7) is 10.00. The number of amides is 1. The second kappa shape index (κ2) is 12.2. The summed E-state index contributed by atoms with van der Waals surface area (Å²) in [7, 11) is 0. The first-order chi connectivity index (χ1) is 15.8. The summed E-state index contributed by atoms with van der Waals surface area (Å²) in [4.78, 5) is 30.3. The third kappa shape index (κ3) is 7.53. The predicted octanol–water partition coefficient (Wildman–Crippen LogP) is 3.59. The fourth-order valence-electron chi connectivity index (χ4n) is 3.97. The van der Waals surface area contributed by atoms with Crippen molar-refractivity contribution in [1.29, 1.82) is 0 Å². The molecule has 1 aliphatic rings. The molecule has 0 aliphatic carbocycles. The van der Waals surface area contributed by atoms with E-state index in [2.05, 4.69) is 10.3 Å². The van der Waals surface area contributed by atoms with Crippen molar-refractivity contribution in [3.05, 3.63) is 33.6 Å². The lowest BCUT2D eigenvalue weighted by Gasteiger charge is -2.34. The minimum Gasteiger partial charge on any atom is -0.392 e. The van der Waals surface area contributed by atoms with Crippen LogP contribution in [-0.4, -0.2) is 58.4 Å². The van der Waals surface area contributed by atoms with Crippen molar-refractivity contribution in [3.63, 3.8) is 0 Å². The van der Waals surface area contributed by atoms with Crippen molar-refractivity contribution in [2.45, 2.75) is 72.6 Å². The number of ether oxygens (including phenoxy) is 1. The summed E-state index contributed by atoms with van der Waals surface area (Å²) in [5.74, 6) is -2.51. The van der Waals surface area contributed by atoms with Gasteiger partial charge >= 0.3 is 0 Å². The van der Waals surface area contributed by atoms with Crippen LogP contribution < -0.4 is 5.32 Å². The highest BCUT2D eigenvalue weighted by Crippen LogP contribution is 2.31. The molecule has 0 radical (unpaired) electrons. The highest BCUT2D eigenvalue weighted by Gasteiger charge is 2.42. The Labute approximate surface area is 205 Å². The largest absolute Gasteiger partial charge is 0.392 e. The van der Waals surface area contributed by atoms with Crippen LogP contribution in [-0.2, 0) is 14.3 Å². The number of Topliss-reactive ketones (excluding diaryl/α,β-unsaturated/α-hetero) is 1. The zero-order chi connectivity index (χ0) is 25.6. The van der Waals surface area contributed by atoms with Gasteiger partial charge in [-0.3, -0.25) is 9.59 Å². The molecule has 2 heterocycles. The van der Waals surface area contributed by atoms with E-state index in [1.807, 2.05) is 25.3 Å². The van der Waals surface area contributed by atoms with Gasteiger partial charge in [-0.15, -0.1) is 11.3 Å². The number of hydrogen-bond acceptors (Lipinski definition) is 7. The van der Waals surface area contributed by atoms with Gasteiger partial charge in [0, 0.05) is 17.2 Å². The molecule has 2 rings (SSSR count). The van der Waals surface area contributed by atoms with Crippen LogP contribution >= 0.6 is 11.3 Å². The highest BCUT2D eigenvalue weighted by molar-refractivity contribution is 7.09. The molecule has 0 saturated carbocycles. The van der Waals surface area contributed by atoms with E-state index in [0.717, 1.165) is 16.3 Å². The zero-order valence-corrected chi connectivity index (χ0v) is 21.6. The summed E-state index contributed by atoms with van der Waals surface area (Å²) in [6, 6.07) is -0.529. The van der Waals surface area contributed by atoms with E-state index in [-0.39, 0.29) is 31.8 Å². The van der Waals surface area contributed by atoms with Crippen LogP contribution in [0.15, 0.2) is 22.9 Å². The molecule has 9 heteroatoms. The minimum atomic E-state index is -1.26. The van der Waals surface area contributed by atoms with E-state index in [4.69, 9.17) is 4.74 Å². The molecule has 190 valence electrons. The number of aryl methyl sites for hydroxylation is 1. The second-order valence-corrected chi connectivity index (χ2v) is 10.8. The van der Waals surface area contributed by atoms with Gasteiger partial charge in [-0.2, -0.15) is 0 Å². The first-order valence-corrected chi connectivity index (χ1v) is 12.4. The van der Waals surface area contributed by atoms with Crippen molar-refractivity contribution in [1.82, 2.24) is 10.3 Å². The molecular weight excluding hydrogens is 459 g/mol. The van der Waals surface area contributed by atoms with Gasteiger partial charge in [0.2, 0.25) is 5.91 Å². The number of thiazole rings is 1. The second-order valence-electron chi connectivity index (χ2n) is 9.76. The molecule has 34 heavy (non-hydrogen) atoms. The van der Waals surface area contributed by atoms with Gasteiger partial charge in [-0.05, 0) is 38.0 Å². The van der Waals surface area contributed by atoms with E-state index >= 15 is 0 Å². The van der Waals surface area contributed by atoms with Crippen molar-refractivity contribution in [2.24, 2.45) is 17.3 Å². The number of nitrogens with zero attached hydrogens (tertiary/aromatic N) is 1. The number of aliphatic hydroxyl groups is 2. The number of aliphatic hydroxyl groups excluding tert-OH is 2. The third-order valence-corrected chi connectivity index (χ3v) is 7.24.